The lowest BCUT2D eigenvalue weighted by molar-refractivity contribution is -0.127. The third-order valence-corrected chi connectivity index (χ3v) is 6.48. The predicted molar refractivity (Wildman–Crippen MR) is 122 cm³/mol. The zero-order valence-corrected chi connectivity index (χ0v) is 19.1. The van der Waals surface area contributed by atoms with Crippen molar-refractivity contribution < 1.29 is 14.3 Å². The molecule has 0 aliphatic carbocycles. The molecule has 0 spiro atoms. The van der Waals surface area contributed by atoms with Crippen LogP contribution >= 0.6 is 0 Å². The lowest BCUT2D eigenvalue weighted by Gasteiger charge is -2.39. The van der Waals surface area contributed by atoms with Crippen molar-refractivity contribution in [1.29, 1.82) is 0 Å². The Kier molecular flexibility index (Phi) is 6.24. The molecular weight excluding hydrogens is 388 g/mol. The molecule has 0 radical (unpaired) electrons. The third-order valence-electron chi connectivity index (χ3n) is 6.48. The minimum absolute atomic E-state index is 0.0630. The molecular formula is C26H34N2O3. The average Bonchev–Trinajstić information content (AvgIpc) is 2.75. The number of nitrogens with one attached hydrogen (secondary N) is 1. The number of hydrogen-bond donors (Lipinski definition) is 1. The molecule has 2 aliphatic heterocycles. The van der Waals surface area contributed by atoms with Gasteiger partial charge in [-0.1, -0.05) is 29.8 Å². The van der Waals surface area contributed by atoms with E-state index in [0.717, 1.165) is 56.0 Å². The van der Waals surface area contributed by atoms with Gasteiger partial charge in [0, 0.05) is 24.4 Å². The van der Waals surface area contributed by atoms with Gasteiger partial charge in [-0.2, -0.15) is 0 Å². The first-order chi connectivity index (χ1) is 14.8. The van der Waals surface area contributed by atoms with Gasteiger partial charge in [0.2, 0.25) is 5.91 Å². The molecule has 0 bridgehead atoms. The van der Waals surface area contributed by atoms with Crippen LogP contribution in [0.1, 0.15) is 55.8 Å². The zero-order chi connectivity index (χ0) is 22.0. The Morgan fingerprint density at radius 2 is 1.87 bits per heavy atom. The summed E-state index contributed by atoms with van der Waals surface area (Å²) in [6.07, 6.45) is 2.54. The van der Waals surface area contributed by atoms with Gasteiger partial charge in [-0.15, -0.1) is 0 Å². The van der Waals surface area contributed by atoms with Gasteiger partial charge in [0.05, 0.1) is 13.2 Å². The molecule has 5 heteroatoms. The molecule has 1 saturated heterocycles. The molecule has 0 aromatic heterocycles. The molecule has 1 unspecified atom stereocenters. The number of ether oxygens (including phenoxy) is 2. The van der Waals surface area contributed by atoms with Gasteiger partial charge in [0.25, 0.3) is 0 Å². The van der Waals surface area contributed by atoms with Crippen LogP contribution in [0.2, 0.25) is 0 Å². The van der Waals surface area contributed by atoms with Gasteiger partial charge in [0.1, 0.15) is 17.1 Å². The van der Waals surface area contributed by atoms with Crippen molar-refractivity contribution >= 4 is 5.91 Å². The molecule has 31 heavy (non-hydrogen) atoms. The number of hydrogen-bond acceptors (Lipinski definition) is 4. The number of amides is 1. The van der Waals surface area contributed by atoms with E-state index in [-0.39, 0.29) is 23.5 Å². The van der Waals surface area contributed by atoms with E-state index < -0.39 is 0 Å². The number of aryl methyl sites for hydroxylation is 1. The fourth-order valence-corrected chi connectivity index (χ4v) is 4.68. The minimum Gasteiger partial charge on any atom is -0.497 e. The summed E-state index contributed by atoms with van der Waals surface area (Å²) < 4.78 is 11.5. The maximum Gasteiger partial charge on any atom is 0.223 e. The summed E-state index contributed by atoms with van der Waals surface area (Å²) in [5.74, 6) is 1.83. The van der Waals surface area contributed by atoms with E-state index >= 15 is 0 Å². The summed E-state index contributed by atoms with van der Waals surface area (Å²) >= 11 is 0. The Bertz CT molecular complexity index is 915. The first kappa shape index (κ1) is 21.7. The molecule has 1 fully saturated rings. The SMILES string of the molecule is COc1ccc2c(c1)C(NC(=O)C1CCN(Cc3ccc(C)cc3)CC1)CC(C)(C)O2. The first-order valence-electron chi connectivity index (χ1n) is 11.3. The van der Waals surface area contributed by atoms with Gasteiger partial charge >= 0.3 is 0 Å². The van der Waals surface area contributed by atoms with Gasteiger partial charge in [-0.05, 0) is 70.5 Å². The van der Waals surface area contributed by atoms with Crippen LogP contribution in [-0.4, -0.2) is 36.6 Å². The summed E-state index contributed by atoms with van der Waals surface area (Å²) in [4.78, 5) is 15.6. The van der Waals surface area contributed by atoms with E-state index in [1.807, 2.05) is 18.2 Å². The Morgan fingerprint density at radius 1 is 1.16 bits per heavy atom. The van der Waals surface area contributed by atoms with E-state index in [4.69, 9.17) is 9.47 Å². The first-order valence-corrected chi connectivity index (χ1v) is 11.3. The normalized spacial score (nSPS) is 21.1. The minimum atomic E-state index is -0.322. The number of carbonyl (C=O) groups excluding carboxylic acids is 1. The van der Waals surface area contributed by atoms with Crippen molar-refractivity contribution in [3.05, 3.63) is 59.2 Å². The lowest BCUT2D eigenvalue weighted by atomic mass is 9.88. The van der Waals surface area contributed by atoms with Gasteiger partial charge < -0.3 is 14.8 Å². The van der Waals surface area contributed by atoms with E-state index in [1.165, 1.54) is 11.1 Å². The topological polar surface area (TPSA) is 50.8 Å². The Hall–Kier alpha value is -2.53. The predicted octanol–water partition coefficient (Wildman–Crippen LogP) is 4.63. The van der Waals surface area contributed by atoms with Crippen LogP contribution < -0.4 is 14.8 Å². The van der Waals surface area contributed by atoms with Gasteiger partial charge in [0.15, 0.2) is 0 Å². The van der Waals surface area contributed by atoms with E-state index in [1.54, 1.807) is 7.11 Å². The zero-order valence-electron chi connectivity index (χ0n) is 19.1. The number of rotatable bonds is 5. The van der Waals surface area contributed by atoms with Crippen LogP contribution in [0.3, 0.4) is 0 Å². The van der Waals surface area contributed by atoms with E-state index in [0.29, 0.717) is 0 Å². The monoisotopic (exact) mass is 422 g/mol. The van der Waals surface area contributed by atoms with Crippen molar-refractivity contribution in [1.82, 2.24) is 10.2 Å². The summed E-state index contributed by atoms with van der Waals surface area (Å²) in [6.45, 7) is 9.12. The van der Waals surface area contributed by atoms with Crippen molar-refractivity contribution in [2.75, 3.05) is 20.2 Å². The quantitative estimate of drug-likeness (QED) is 0.763. The molecule has 0 saturated carbocycles. The fourth-order valence-electron chi connectivity index (χ4n) is 4.68. The number of likely N-dealkylation sites (tertiary alicyclic amines) is 1. The molecule has 4 rings (SSSR count). The van der Waals surface area contributed by atoms with E-state index in [9.17, 15) is 4.79 Å². The lowest BCUT2D eigenvalue weighted by Crippen LogP contribution is -2.45. The number of fused-ring (bicyclic) bond motifs is 1. The van der Waals surface area contributed by atoms with Crippen molar-refractivity contribution in [2.45, 2.75) is 58.2 Å². The second-order valence-corrected chi connectivity index (χ2v) is 9.57. The molecule has 2 aromatic rings. The maximum absolute atomic E-state index is 13.1. The van der Waals surface area contributed by atoms with E-state index in [2.05, 4.69) is 55.3 Å². The molecule has 2 heterocycles. The van der Waals surface area contributed by atoms with Crippen LogP contribution in [0, 0.1) is 12.8 Å². The third kappa shape index (κ3) is 5.21. The molecule has 5 nitrogen and oxygen atoms in total. The van der Waals surface area contributed by atoms with Crippen LogP contribution in [0.25, 0.3) is 0 Å². The molecule has 1 atom stereocenters. The van der Waals surface area contributed by atoms with Crippen molar-refractivity contribution in [2.24, 2.45) is 5.92 Å². The second kappa shape index (κ2) is 8.91. The van der Waals surface area contributed by atoms with Crippen LogP contribution in [0.4, 0.5) is 0 Å². The highest BCUT2D eigenvalue weighted by Crippen LogP contribution is 2.41. The summed E-state index contributed by atoms with van der Waals surface area (Å²) in [6, 6.07) is 14.5. The van der Waals surface area contributed by atoms with Crippen LogP contribution in [0.15, 0.2) is 42.5 Å². The Labute approximate surface area is 185 Å². The van der Waals surface area contributed by atoms with Crippen molar-refractivity contribution in [3.63, 3.8) is 0 Å². The summed E-state index contributed by atoms with van der Waals surface area (Å²) in [5.41, 5.74) is 3.30. The highest BCUT2D eigenvalue weighted by atomic mass is 16.5. The Morgan fingerprint density at radius 3 is 2.55 bits per heavy atom. The average molecular weight is 423 g/mol. The van der Waals surface area contributed by atoms with Crippen molar-refractivity contribution in [3.8, 4) is 11.5 Å². The fraction of sp³-hybridized carbons (Fsp3) is 0.500. The number of benzene rings is 2. The second-order valence-electron chi connectivity index (χ2n) is 9.57. The molecule has 2 aliphatic rings. The smallest absolute Gasteiger partial charge is 0.223 e. The van der Waals surface area contributed by atoms with Crippen LogP contribution in [-0.2, 0) is 11.3 Å². The summed E-state index contributed by atoms with van der Waals surface area (Å²) in [5, 5.41) is 3.33. The highest BCUT2D eigenvalue weighted by molar-refractivity contribution is 5.79. The molecule has 1 amide bonds. The summed E-state index contributed by atoms with van der Waals surface area (Å²) in [7, 11) is 1.66. The van der Waals surface area contributed by atoms with Gasteiger partial charge in [-0.3, -0.25) is 9.69 Å². The van der Waals surface area contributed by atoms with Gasteiger partial charge in [-0.25, -0.2) is 0 Å². The van der Waals surface area contributed by atoms with Crippen LogP contribution in [0.5, 0.6) is 11.5 Å². The molecule has 2 aromatic carbocycles. The molecule has 1 N–H and O–H groups in total. The number of piperidine rings is 1. The number of nitrogens with zero attached hydrogens (tertiary/aromatic N) is 1. The highest BCUT2D eigenvalue weighted by Gasteiger charge is 2.36. The number of carbonyl (C=O) groups is 1. The number of methoxy groups -OCH3 is 1. The largest absolute Gasteiger partial charge is 0.497 e. The maximum atomic E-state index is 13.1. The Balaban J connectivity index is 1.37. The molecule has 166 valence electrons. The standard InChI is InChI=1S/C26H34N2O3/c1-18-5-7-19(8-6-18)17-28-13-11-20(12-14-28)25(29)27-23-16-26(2,3)31-24-10-9-21(30-4)15-22(23)24/h5-10,15,20,23H,11-14,16-17H2,1-4H3,(H,27,29).